The molecule has 0 saturated heterocycles. The average molecular weight is 1540 g/mol. The first kappa shape index (κ1) is 36.1. The first-order valence-corrected chi connectivity index (χ1v) is 19.9. The highest BCUT2D eigenvalue weighted by atomic mass is 127. The van der Waals surface area contributed by atoms with Gasteiger partial charge >= 0.3 is 18.0 Å². The molecule has 0 aliphatic heterocycles. The molecule has 0 saturated carbocycles. The maximum atomic E-state index is 13.4. The minimum absolute atomic E-state index is 0.0678. The number of rotatable bonds is 7. The molecule has 3 aromatic carbocycles. The molecule has 0 atom stereocenters. The standard InChI is InChI=1S/C23H10I9NO6/c24-9-1-4-12(27)20(17(9)30)37-15(34)7-33(23(36)39-22-14(29)6-3-11(26)19(22)32)8-16(35)38-21-13(28)5-2-10(25)18(21)31/h1-6H,7-8H2/p+1. The monoisotopic (exact) mass is 1540 g/mol. The molecule has 1 N–H and O–H groups in total. The fraction of sp³-hybridized carbons (Fsp3) is 0.0870. The Labute approximate surface area is 346 Å². The maximum absolute atomic E-state index is 13.4. The zero-order valence-electron chi connectivity index (χ0n) is 18.7. The van der Waals surface area contributed by atoms with Gasteiger partial charge in [0.25, 0.3) is 0 Å². The summed E-state index contributed by atoms with van der Waals surface area (Å²) in [4.78, 5) is 39.4. The third kappa shape index (κ3) is 10.0. The van der Waals surface area contributed by atoms with Gasteiger partial charge in [0.1, 0.15) is 0 Å². The van der Waals surface area contributed by atoms with Gasteiger partial charge in [-0.15, -0.1) is 0 Å². The van der Waals surface area contributed by atoms with Gasteiger partial charge in [0.15, 0.2) is 30.3 Å². The summed E-state index contributed by atoms with van der Waals surface area (Å²) in [7, 11) is 0. The molecule has 1 amide bonds. The molecule has 0 radical (unpaired) electrons. The van der Waals surface area contributed by atoms with Gasteiger partial charge < -0.3 is 14.2 Å². The van der Waals surface area contributed by atoms with Crippen LogP contribution < -0.4 is 19.1 Å². The molecule has 0 heterocycles. The molecule has 3 aromatic rings. The Morgan fingerprint density at radius 1 is 0.487 bits per heavy atom. The van der Waals surface area contributed by atoms with E-state index in [0.717, 1.165) is 32.1 Å². The van der Waals surface area contributed by atoms with Crippen LogP contribution in [0.25, 0.3) is 0 Å². The van der Waals surface area contributed by atoms with Crippen molar-refractivity contribution in [3.63, 3.8) is 0 Å². The summed E-state index contributed by atoms with van der Waals surface area (Å²) in [5.74, 6) is -0.173. The molecule has 0 fully saturated rings. The number of esters is 2. The normalized spacial score (nSPS) is 10.9. The summed E-state index contributed by atoms with van der Waals surface area (Å²) < 4.78 is 24.3. The van der Waals surface area contributed by atoms with E-state index < -0.39 is 31.1 Å². The highest BCUT2D eigenvalue weighted by Gasteiger charge is 2.32. The van der Waals surface area contributed by atoms with E-state index in [1.54, 1.807) is 0 Å². The van der Waals surface area contributed by atoms with Gasteiger partial charge in [-0.05, 0) is 240 Å². The average Bonchev–Trinajstić information content (AvgIpc) is 2.88. The summed E-state index contributed by atoms with van der Waals surface area (Å²) in [6, 6.07) is 11.3. The van der Waals surface area contributed by atoms with Gasteiger partial charge in [0.05, 0.1) is 21.4 Å². The number of carbonyl (C=O) groups excluding carboxylic acids is 3. The number of hydrogen-bond acceptors (Lipinski definition) is 6. The number of benzene rings is 3. The molecule has 0 aliphatic carbocycles. The van der Waals surface area contributed by atoms with E-state index in [1.807, 2.05) is 36.4 Å². The molecule has 0 bridgehead atoms. The zero-order valence-corrected chi connectivity index (χ0v) is 38.1. The van der Waals surface area contributed by atoms with Crippen molar-refractivity contribution in [3.05, 3.63) is 68.5 Å². The summed E-state index contributed by atoms with van der Waals surface area (Å²) in [5.41, 5.74) is 0. The molecule has 0 unspecified atom stereocenters. The van der Waals surface area contributed by atoms with E-state index in [9.17, 15) is 14.4 Å². The lowest BCUT2D eigenvalue weighted by atomic mass is 10.3. The van der Waals surface area contributed by atoms with Crippen LogP contribution in [-0.2, 0) is 9.59 Å². The van der Waals surface area contributed by atoms with E-state index in [2.05, 4.69) is 203 Å². The lowest BCUT2D eigenvalue weighted by Crippen LogP contribution is -3.17. The van der Waals surface area contributed by atoms with Crippen molar-refractivity contribution in [2.75, 3.05) is 13.1 Å². The van der Waals surface area contributed by atoms with E-state index in [-0.39, 0.29) is 4.90 Å². The topological polar surface area (TPSA) is 83.3 Å². The Morgan fingerprint density at radius 3 is 1.10 bits per heavy atom. The van der Waals surface area contributed by atoms with Crippen molar-refractivity contribution in [3.8, 4) is 17.2 Å². The van der Waals surface area contributed by atoms with Gasteiger partial charge in [0, 0.05) is 10.7 Å². The van der Waals surface area contributed by atoms with Crippen LogP contribution >= 0.6 is 203 Å². The number of quaternary nitrogens is 1. The van der Waals surface area contributed by atoms with Gasteiger partial charge in [-0.1, -0.05) is 0 Å². The Balaban J connectivity index is 1.88. The summed E-state index contributed by atoms with van der Waals surface area (Å²) in [6.07, 6.45) is -0.791. The van der Waals surface area contributed by atoms with Crippen molar-refractivity contribution < 1.29 is 33.5 Å². The van der Waals surface area contributed by atoms with Crippen molar-refractivity contribution in [1.29, 1.82) is 0 Å². The molecule has 206 valence electrons. The Hall–Kier alpha value is 2.60. The highest BCUT2D eigenvalue weighted by molar-refractivity contribution is 14.1. The van der Waals surface area contributed by atoms with Crippen LogP contribution in [0, 0.1) is 32.1 Å². The maximum Gasteiger partial charge on any atom is 0.520 e. The molecule has 16 heteroatoms. The fourth-order valence-corrected chi connectivity index (χ4v) is 9.07. The largest absolute Gasteiger partial charge is 0.520 e. The van der Waals surface area contributed by atoms with Crippen LogP contribution in [0.4, 0.5) is 4.79 Å². The minimum Gasteiger partial charge on any atom is -0.420 e. The molecule has 3 rings (SSSR count). The second-order valence-electron chi connectivity index (χ2n) is 7.31. The smallest absolute Gasteiger partial charge is 0.420 e. The highest BCUT2D eigenvalue weighted by Crippen LogP contribution is 2.33. The van der Waals surface area contributed by atoms with E-state index in [4.69, 9.17) is 14.2 Å². The molecule has 39 heavy (non-hydrogen) atoms. The Bertz CT molecular complexity index is 1390. The molecule has 0 aromatic heterocycles. The SMILES string of the molecule is O=C(C[NH+](CC(=O)Oc1c(I)ccc(I)c1I)C(=O)Oc1c(I)ccc(I)c1I)Oc1c(I)ccc(I)c1I. The second kappa shape index (κ2) is 16.8. The van der Waals surface area contributed by atoms with Crippen LogP contribution in [0.2, 0.25) is 0 Å². The van der Waals surface area contributed by atoms with Crippen LogP contribution in [0.3, 0.4) is 0 Å². The lowest BCUT2D eigenvalue weighted by Gasteiger charge is -2.18. The Morgan fingerprint density at radius 2 is 0.769 bits per heavy atom. The van der Waals surface area contributed by atoms with E-state index in [0.29, 0.717) is 17.2 Å². The summed E-state index contributed by atoms with van der Waals surface area (Å²) >= 11 is 19.0. The first-order chi connectivity index (χ1) is 18.3. The molecule has 7 nitrogen and oxygen atoms in total. The third-order valence-electron chi connectivity index (χ3n) is 4.64. The van der Waals surface area contributed by atoms with Gasteiger partial charge in [-0.3, -0.25) is 0 Å². The van der Waals surface area contributed by atoms with Crippen molar-refractivity contribution in [2.45, 2.75) is 0 Å². The first-order valence-electron chi connectivity index (χ1n) is 10.2. The number of amides is 1. The number of carbonyl (C=O) groups is 3. The number of hydrogen-bond donors (Lipinski definition) is 1. The van der Waals surface area contributed by atoms with Gasteiger partial charge in [-0.2, -0.15) is 4.79 Å². The molecular formula is C23H11I9NO6+. The van der Waals surface area contributed by atoms with E-state index in [1.165, 1.54) is 0 Å². The number of ether oxygens (including phenoxy) is 3. The van der Waals surface area contributed by atoms with Crippen molar-refractivity contribution >= 4 is 221 Å². The zero-order chi connectivity index (χ0) is 29.0. The van der Waals surface area contributed by atoms with Crippen LogP contribution in [0.15, 0.2) is 36.4 Å². The number of halogens is 9. The minimum atomic E-state index is -0.791. The number of nitrogens with one attached hydrogen (secondary N) is 1. The second-order valence-corrected chi connectivity index (χ2v) is 17.5. The summed E-state index contributed by atoms with van der Waals surface area (Å²) in [5, 5.41) is 0. The molecular weight excluding hydrogens is 1530 g/mol. The predicted octanol–water partition coefficient (Wildman–Crippen LogP) is 7.72. The third-order valence-corrected chi connectivity index (χ3v) is 16.2. The van der Waals surface area contributed by atoms with Crippen molar-refractivity contribution in [2.24, 2.45) is 0 Å². The van der Waals surface area contributed by atoms with Crippen LogP contribution in [0.5, 0.6) is 17.2 Å². The van der Waals surface area contributed by atoms with Gasteiger partial charge in [-0.25, -0.2) is 14.5 Å². The lowest BCUT2D eigenvalue weighted by molar-refractivity contribution is -0.805. The van der Waals surface area contributed by atoms with Crippen LogP contribution in [0.1, 0.15) is 0 Å². The molecule has 0 spiro atoms. The molecule has 0 aliphatic rings. The Kier molecular flexibility index (Phi) is 15.5. The summed E-state index contributed by atoms with van der Waals surface area (Å²) in [6.45, 7) is -0.883. The van der Waals surface area contributed by atoms with E-state index >= 15 is 0 Å². The van der Waals surface area contributed by atoms with Gasteiger partial charge in [0.2, 0.25) is 0 Å². The quantitative estimate of drug-likeness (QED) is 0.113. The van der Waals surface area contributed by atoms with Crippen LogP contribution in [-0.4, -0.2) is 31.1 Å². The fourth-order valence-electron chi connectivity index (χ4n) is 2.83. The predicted molar refractivity (Wildman–Crippen MR) is 222 cm³/mol. The van der Waals surface area contributed by atoms with Crippen molar-refractivity contribution in [1.82, 2.24) is 0 Å².